The number of amides is 1. The minimum atomic E-state index is -0.286. The van der Waals surface area contributed by atoms with Gasteiger partial charge in [0.2, 0.25) is 5.91 Å². The molecule has 20 heavy (non-hydrogen) atoms. The number of nitrogens with one attached hydrogen (secondary N) is 1. The normalized spacial score (nSPS) is 10.3. The number of benzene rings is 2. The summed E-state index contributed by atoms with van der Waals surface area (Å²) < 4.78 is 12.7. The maximum absolute atomic E-state index is 12.7. The molecule has 3 N–H and O–H groups in total. The molecule has 2 aromatic carbocycles. The Hall–Kier alpha value is -2.01. The van der Waals surface area contributed by atoms with E-state index in [0.29, 0.717) is 11.4 Å². The highest BCUT2D eigenvalue weighted by atomic mass is 32.2. The molecule has 104 valence electrons. The Morgan fingerprint density at radius 3 is 2.60 bits per heavy atom. The summed E-state index contributed by atoms with van der Waals surface area (Å²) in [5.41, 5.74) is 8.03. The van der Waals surface area contributed by atoms with E-state index in [1.165, 1.54) is 23.9 Å². The molecule has 0 aromatic heterocycles. The summed E-state index contributed by atoms with van der Waals surface area (Å²) in [4.78, 5) is 12.7. The molecule has 0 heterocycles. The lowest BCUT2D eigenvalue weighted by Crippen LogP contribution is -2.15. The highest BCUT2D eigenvalue weighted by molar-refractivity contribution is 8.00. The lowest BCUT2D eigenvalue weighted by molar-refractivity contribution is -0.113. The molecule has 0 spiro atoms. The molecule has 0 aliphatic heterocycles. The van der Waals surface area contributed by atoms with Crippen LogP contribution in [0, 0.1) is 12.7 Å². The molecular formula is C15H15FN2OS. The number of thioether (sulfide) groups is 1. The fourth-order valence-corrected chi connectivity index (χ4v) is 2.36. The van der Waals surface area contributed by atoms with Crippen LogP contribution in [-0.4, -0.2) is 11.7 Å². The van der Waals surface area contributed by atoms with Crippen molar-refractivity contribution in [3.63, 3.8) is 0 Å². The number of nitrogens with two attached hydrogens (primary N) is 1. The predicted molar refractivity (Wildman–Crippen MR) is 81.3 cm³/mol. The summed E-state index contributed by atoms with van der Waals surface area (Å²) in [6.45, 7) is 1.94. The van der Waals surface area contributed by atoms with Crippen molar-refractivity contribution in [2.45, 2.75) is 11.8 Å². The molecule has 0 radical (unpaired) electrons. The van der Waals surface area contributed by atoms with Gasteiger partial charge in [0.25, 0.3) is 0 Å². The van der Waals surface area contributed by atoms with E-state index in [9.17, 15) is 9.18 Å². The minimum Gasteiger partial charge on any atom is -0.397 e. The molecule has 0 bridgehead atoms. The summed E-state index contributed by atoms with van der Waals surface area (Å²) in [5.74, 6) is -0.181. The lowest BCUT2D eigenvalue weighted by atomic mass is 10.2. The Balaban J connectivity index is 1.90. The smallest absolute Gasteiger partial charge is 0.234 e. The highest BCUT2D eigenvalue weighted by Gasteiger charge is 2.06. The molecular weight excluding hydrogens is 275 g/mol. The maximum Gasteiger partial charge on any atom is 0.234 e. The van der Waals surface area contributed by atoms with Crippen LogP contribution < -0.4 is 11.1 Å². The van der Waals surface area contributed by atoms with Gasteiger partial charge in [-0.2, -0.15) is 0 Å². The summed E-state index contributed by atoms with van der Waals surface area (Å²) >= 11 is 1.35. The molecule has 2 aromatic rings. The van der Waals surface area contributed by atoms with E-state index >= 15 is 0 Å². The van der Waals surface area contributed by atoms with Crippen LogP contribution in [0.1, 0.15) is 5.56 Å². The molecule has 0 aliphatic rings. The number of nitrogen functional groups attached to an aromatic ring is 1. The van der Waals surface area contributed by atoms with Crippen LogP contribution in [0.4, 0.5) is 15.8 Å². The topological polar surface area (TPSA) is 55.1 Å². The molecule has 2 rings (SSSR count). The number of halogens is 1. The van der Waals surface area contributed by atoms with Crippen molar-refractivity contribution >= 4 is 29.0 Å². The van der Waals surface area contributed by atoms with Gasteiger partial charge in [-0.3, -0.25) is 4.79 Å². The number of hydrogen-bond acceptors (Lipinski definition) is 3. The third-order valence-electron chi connectivity index (χ3n) is 2.66. The van der Waals surface area contributed by atoms with Crippen LogP contribution in [0.3, 0.4) is 0 Å². The highest BCUT2D eigenvalue weighted by Crippen LogP contribution is 2.21. The second kappa shape index (κ2) is 6.43. The maximum atomic E-state index is 12.7. The average molecular weight is 290 g/mol. The third kappa shape index (κ3) is 3.99. The summed E-state index contributed by atoms with van der Waals surface area (Å²) in [5, 5.41) is 2.76. The second-order valence-corrected chi connectivity index (χ2v) is 5.43. The van der Waals surface area contributed by atoms with Crippen LogP contribution in [0.5, 0.6) is 0 Å². The van der Waals surface area contributed by atoms with E-state index in [1.807, 2.05) is 19.1 Å². The van der Waals surface area contributed by atoms with Gasteiger partial charge in [0.1, 0.15) is 5.82 Å². The Kier molecular flexibility index (Phi) is 4.63. The van der Waals surface area contributed by atoms with Crippen LogP contribution in [0.15, 0.2) is 47.4 Å². The van der Waals surface area contributed by atoms with Crippen molar-refractivity contribution in [3.8, 4) is 0 Å². The Bertz CT molecular complexity index is 614. The molecule has 0 aliphatic carbocycles. The molecule has 3 nitrogen and oxygen atoms in total. The first-order valence-electron chi connectivity index (χ1n) is 6.09. The quantitative estimate of drug-likeness (QED) is 0.670. The molecule has 0 atom stereocenters. The molecule has 0 saturated heterocycles. The summed E-state index contributed by atoms with van der Waals surface area (Å²) in [6, 6.07) is 11.5. The third-order valence-corrected chi connectivity index (χ3v) is 3.68. The second-order valence-electron chi connectivity index (χ2n) is 4.38. The van der Waals surface area contributed by atoms with E-state index < -0.39 is 0 Å². The van der Waals surface area contributed by atoms with Crippen molar-refractivity contribution < 1.29 is 9.18 Å². The molecule has 1 amide bonds. The van der Waals surface area contributed by atoms with Crippen molar-refractivity contribution in [1.82, 2.24) is 0 Å². The fraction of sp³-hybridized carbons (Fsp3) is 0.133. The van der Waals surface area contributed by atoms with Gasteiger partial charge in [-0.25, -0.2) is 4.39 Å². The molecule has 0 fully saturated rings. The van der Waals surface area contributed by atoms with E-state index in [2.05, 4.69) is 5.32 Å². The van der Waals surface area contributed by atoms with Gasteiger partial charge in [-0.05, 0) is 48.9 Å². The predicted octanol–water partition coefficient (Wildman–Crippen LogP) is 3.45. The number of anilines is 2. The van der Waals surface area contributed by atoms with Gasteiger partial charge in [0.15, 0.2) is 0 Å². The van der Waals surface area contributed by atoms with Crippen LogP contribution in [0.2, 0.25) is 0 Å². The SMILES string of the molecule is Cc1ccc(NC(=O)CSc2ccc(F)cc2)c(N)c1. The molecule has 5 heteroatoms. The number of hydrogen-bond donors (Lipinski definition) is 2. The fourth-order valence-electron chi connectivity index (χ4n) is 1.66. The van der Waals surface area contributed by atoms with E-state index in [0.717, 1.165) is 10.5 Å². The first-order chi connectivity index (χ1) is 9.54. The van der Waals surface area contributed by atoms with Gasteiger partial charge in [-0.15, -0.1) is 11.8 Å². The summed E-state index contributed by atoms with van der Waals surface area (Å²) in [7, 11) is 0. The average Bonchev–Trinajstić information content (AvgIpc) is 2.41. The van der Waals surface area contributed by atoms with Crippen molar-refractivity contribution in [1.29, 1.82) is 0 Å². The van der Waals surface area contributed by atoms with Gasteiger partial charge in [-0.1, -0.05) is 6.07 Å². The largest absolute Gasteiger partial charge is 0.397 e. The lowest BCUT2D eigenvalue weighted by Gasteiger charge is -2.08. The zero-order chi connectivity index (χ0) is 14.5. The van der Waals surface area contributed by atoms with Gasteiger partial charge < -0.3 is 11.1 Å². The molecule has 0 saturated carbocycles. The van der Waals surface area contributed by atoms with E-state index in [1.54, 1.807) is 18.2 Å². The van der Waals surface area contributed by atoms with E-state index in [-0.39, 0.29) is 17.5 Å². The number of carbonyl (C=O) groups is 1. The first kappa shape index (κ1) is 14.4. The van der Waals surface area contributed by atoms with E-state index in [4.69, 9.17) is 5.73 Å². The number of rotatable bonds is 4. The van der Waals surface area contributed by atoms with Gasteiger partial charge in [0.05, 0.1) is 17.1 Å². The summed E-state index contributed by atoms with van der Waals surface area (Å²) in [6.07, 6.45) is 0. The van der Waals surface area contributed by atoms with Gasteiger partial charge >= 0.3 is 0 Å². The number of carbonyl (C=O) groups excluding carboxylic acids is 1. The van der Waals surface area contributed by atoms with Crippen LogP contribution >= 0.6 is 11.8 Å². The Morgan fingerprint density at radius 1 is 1.25 bits per heavy atom. The van der Waals surface area contributed by atoms with Crippen LogP contribution in [-0.2, 0) is 4.79 Å². The van der Waals surface area contributed by atoms with Crippen molar-refractivity contribution in [3.05, 3.63) is 53.8 Å². The first-order valence-corrected chi connectivity index (χ1v) is 7.07. The van der Waals surface area contributed by atoms with Gasteiger partial charge in [0, 0.05) is 4.90 Å². The minimum absolute atomic E-state index is 0.144. The van der Waals surface area contributed by atoms with Crippen molar-refractivity contribution in [2.75, 3.05) is 16.8 Å². The number of aryl methyl sites for hydroxylation is 1. The standard InChI is InChI=1S/C15H15FN2OS/c1-10-2-7-14(13(17)8-10)18-15(19)9-20-12-5-3-11(16)4-6-12/h2-8H,9,17H2,1H3,(H,18,19). The zero-order valence-corrected chi connectivity index (χ0v) is 11.8. The Morgan fingerprint density at radius 2 is 1.95 bits per heavy atom. The van der Waals surface area contributed by atoms with Crippen LogP contribution in [0.25, 0.3) is 0 Å². The Labute approximate surface area is 121 Å². The zero-order valence-electron chi connectivity index (χ0n) is 11.0. The monoisotopic (exact) mass is 290 g/mol. The van der Waals surface area contributed by atoms with Crippen molar-refractivity contribution in [2.24, 2.45) is 0 Å². The molecule has 0 unspecified atom stereocenters.